The topological polar surface area (TPSA) is 72.8 Å². The molecule has 1 aliphatic heterocycles. The van der Waals surface area contributed by atoms with E-state index in [1.165, 1.54) is 6.92 Å². The number of allylic oxidation sites excluding steroid dienone is 1. The number of carbonyl (C=O) groups is 2. The van der Waals surface area contributed by atoms with E-state index in [2.05, 4.69) is 6.58 Å². The Balaban J connectivity index is 2.41. The quantitative estimate of drug-likeness (QED) is 0.391. The molecule has 122 valence electrons. The molecule has 1 N–H and O–H groups in total. The third-order valence-electron chi connectivity index (χ3n) is 3.85. The molecule has 0 spiro atoms. The molecular formula is C18H20O5. The van der Waals surface area contributed by atoms with Gasteiger partial charge in [0.1, 0.15) is 5.75 Å². The minimum Gasteiger partial charge on any atom is -0.481 e. The van der Waals surface area contributed by atoms with Crippen molar-refractivity contribution in [3.05, 3.63) is 53.1 Å². The second kappa shape index (κ2) is 6.79. The summed E-state index contributed by atoms with van der Waals surface area (Å²) >= 11 is 0. The van der Waals surface area contributed by atoms with Gasteiger partial charge in [-0.25, -0.2) is 4.79 Å². The largest absolute Gasteiger partial charge is 0.481 e. The molecule has 2 unspecified atom stereocenters. The van der Waals surface area contributed by atoms with E-state index >= 15 is 0 Å². The minimum absolute atomic E-state index is 0.0908. The van der Waals surface area contributed by atoms with Gasteiger partial charge in [0.05, 0.1) is 6.61 Å². The molecule has 0 radical (unpaired) electrons. The summed E-state index contributed by atoms with van der Waals surface area (Å²) in [5.41, 5.74) is 1.98. The Hall–Kier alpha value is -2.40. The molecule has 5 heteroatoms. The van der Waals surface area contributed by atoms with Gasteiger partial charge in [0, 0.05) is 16.7 Å². The number of hydrogen-bond donors (Lipinski definition) is 1. The Kier molecular flexibility index (Phi) is 5.01. The van der Waals surface area contributed by atoms with E-state index in [0.29, 0.717) is 28.0 Å². The van der Waals surface area contributed by atoms with Gasteiger partial charge >= 0.3 is 5.97 Å². The maximum Gasteiger partial charge on any atom is 0.334 e. The molecular weight excluding hydrogens is 296 g/mol. The van der Waals surface area contributed by atoms with Crippen LogP contribution in [0.5, 0.6) is 5.75 Å². The number of benzene rings is 1. The number of ketones is 1. The first-order chi connectivity index (χ1) is 10.9. The van der Waals surface area contributed by atoms with Crippen molar-refractivity contribution in [2.45, 2.75) is 33.0 Å². The molecule has 23 heavy (non-hydrogen) atoms. The van der Waals surface area contributed by atoms with Crippen molar-refractivity contribution in [2.24, 2.45) is 0 Å². The van der Waals surface area contributed by atoms with Gasteiger partial charge in [0.25, 0.3) is 0 Å². The smallest absolute Gasteiger partial charge is 0.334 e. The van der Waals surface area contributed by atoms with Gasteiger partial charge in [-0.1, -0.05) is 12.7 Å². The predicted octanol–water partition coefficient (Wildman–Crippen LogP) is 2.75. The van der Waals surface area contributed by atoms with Crippen molar-refractivity contribution in [1.82, 2.24) is 0 Å². The fraction of sp³-hybridized carbons (Fsp3) is 0.333. The van der Waals surface area contributed by atoms with Gasteiger partial charge < -0.3 is 14.6 Å². The highest BCUT2D eigenvalue weighted by molar-refractivity contribution is 5.94. The highest BCUT2D eigenvalue weighted by atomic mass is 16.6. The van der Waals surface area contributed by atoms with Crippen molar-refractivity contribution in [2.75, 3.05) is 6.61 Å². The van der Waals surface area contributed by atoms with Crippen LogP contribution in [-0.4, -0.2) is 29.6 Å². The van der Waals surface area contributed by atoms with Crippen molar-refractivity contribution in [3.63, 3.8) is 0 Å². The van der Waals surface area contributed by atoms with Gasteiger partial charge in [-0.05, 0) is 44.5 Å². The summed E-state index contributed by atoms with van der Waals surface area (Å²) in [7, 11) is 0. The van der Waals surface area contributed by atoms with E-state index in [1.54, 1.807) is 38.1 Å². The summed E-state index contributed by atoms with van der Waals surface area (Å²) in [6.07, 6.45) is 0.234. The monoisotopic (exact) mass is 316 g/mol. The summed E-state index contributed by atoms with van der Waals surface area (Å²) in [5.74, 6) is -0.0459. The number of carbonyl (C=O) groups excluding carboxylic acids is 2. The first-order valence-corrected chi connectivity index (χ1v) is 7.33. The second-order valence-corrected chi connectivity index (χ2v) is 5.46. The standard InChI is InChI=1S/C18H20O5/c1-5-10(2)18(21)23-17-14-8-13(12(4)20)6-7-15(14)22-16(17)11(3)9-19/h5-8,16-17,19H,3,9H2,1-2,4H3. The third-order valence-corrected chi connectivity index (χ3v) is 3.85. The van der Waals surface area contributed by atoms with Gasteiger partial charge in [-0.15, -0.1) is 0 Å². The second-order valence-electron chi connectivity index (χ2n) is 5.46. The van der Waals surface area contributed by atoms with Crippen molar-refractivity contribution >= 4 is 11.8 Å². The fourth-order valence-corrected chi connectivity index (χ4v) is 2.30. The van der Waals surface area contributed by atoms with Crippen LogP contribution >= 0.6 is 0 Å². The Morgan fingerprint density at radius 2 is 2.09 bits per heavy atom. The third kappa shape index (κ3) is 3.35. The maximum absolute atomic E-state index is 12.1. The molecule has 1 aliphatic rings. The summed E-state index contributed by atoms with van der Waals surface area (Å²) in [6, 6.07) is 4.98. The zero-order chi connectivity index (χ0) is 17.1. The lowest BCUT2D eigenvalue weighted by molar-refractivity contribution is -0.147. The number of hydrogen-bond acceptors (Lipinski definition) is 5. The molecule has 0 amide bonds. The van der Waals surface area contributed by atoms with Crippen molar-refractivity contribution in [1.29, 1.82) is 0 Å². The molecule has 0 aromatic heterocycles. The van der Waals surface area contributed by atoms with Crippen LogP contribution in [0.2, 0.25) is 0 Å². The summed E-state index contributed by atoms with van der Waals surface area (Å²) in [6.45, 7) is 8.35. The van der Waals surface area contributed by atoms with Gasteiger partial charge in [0.2, 0.25) is 0 Å². The van der Waals surface area contributed by atoms with Crippen molar-refractivity contribution in [3.8, 4) is 5.75 Å². The molecule has 1 aromatic carbocycles. The summed E-state index contributed by atoms with van der Waals surface area (Å²) in [4.78, 5) is 23.7. The van der Waals surface area contributed by atoms with E-state index < -0.39 is 18.2 Å². The lowest BCUT2D eigenvalue weighted by Crippen LogP contribution is -2.27. The SMILES string of the molecule is C=C(CO)C1Oc2ccc(C(C)=O)cc2C1OC(=O)C(C)=CC. The zero-order valence-corrected chi connectivity index (χ0v) is 13.5. The van der Waals surface area contributed by atoms with Gasteiger partial charge in [-0.2, -0.15) is 0 Å². The number of aliphatic hydroxyl groups excluding tert-OH is 1. The summed E-state index contributed by atoms with van der Waals surface area (Å²) < 4.78 is 11.3. The van der Waals surface area contributed by atoms with Crippen LogP contribution in [0.3, 0.4) is 0 Å². The minimum atomic E-state index is -0.744. The Morgan fingerprint density at radius 3 is 2.65 bits per heavy atom. The number of rotatable bonds is 5. The molecule has 2 atom stereocenters. The summed E-state index contributed by atoms with van der Waals surface area (Å²) in [5, 5.41) is 9.34. The number of Topliss-reactive ketones (excluding diaryl/α,β-unsaturated/α-hetero) is 1. The van der Waals surface area contributed by atoms with Gasteiger partial charge in [0.15, 0.2) is 18.0 Å². The number of aliphatic hydroxyl groups is 1. The zero-order valence-electron chi connectivity index (χ0n) is 13.5. The van der Waals surface area contributed by atoms with Crippen LogP contribution in [0.25, 0.3) is 0 Å². The first-order valence-electron chi connectivity index (χ1n) is 7.33. The molecule has 2 rings (SSSR count). The highest BCUT2D eigenvalue weighted by Crippen LogP contribution is 2.42. The van der Waals surface area contributed by atoms with Crippen molar-refractivity contribution < 1.29 is 24.2 Å². The van der Waals surface area contributed by atoms with Crippen LogP contribution in [0.15, 0.2) is 42.0 Å². The Morgan fingerprint density at radius 1 is 1.39 bits per heavy atom. The molecule has 0 fully saturated rings. The van der Waals surface area contributed by atoms with E-state index in [4.69, 9.17) is 9.47 Å². The lowest BCUT2D eigenvalue weighted by atomic mass is 9.99. The fourth-order valence-electron chi connectivity index (χ4n) is 2.30. The molecule has 1 aromatic rings. The molecule has 5 nitrogen and oxygen atoms in total. The highest BCUT2D eigenvalue weighted by Gasteiger charge is 2.39. The number of ether oxygens (including phenoxy) is 2. The normalized spacial score (nSPS) is 19.7. The van der Waals surface area contributed by atoms with Crippen LogP contribution < -0.4 is 4.74 Å². The maximum atomic E-state index is 12.1. The molecule has 0 bridgehead atoms. The average molecular weight is 316 g/mol. The van der Waals surface area contributed by atoms with Gasteiger partial charge in [-0.3, -0.25) is 4.79 Å². The molecule has 0 saturated carbocycles. The van der Waals surface area contributed by atoms with Crippen LogP contribution in [0.1, 0.15) is 42.8 Å². The number of esters is 1. The van der Waals surface area contributed by atoms with Crippen LogP contribution in [0, 0.1) is 0 Å². The van der Waals surface area contributed by atoms with Crippen LogP contribution in [0.4, 0.5) is 0 Å². The molecule has 0 aliphatic carbocycles. The lowest BCUT2D eigenvalue weighted by Gasteiger charge is -2.20. The van der Waals surface area contributed by atoms with E-state index in [1.807, 2.05) is 0 Å². The average Bonchev–Trinajstić information content (AvgIpc) is 2.90. The molecule has 0 saturated heterocycles. The predicted molar refractivity (Wildman–Crippen MR) is 85.4 cm³/mol. The van der Waals surface area contributed by atoms with Crippen LogP contribution in [-0.2, 0) is 9.53 Å². The Bertz CT molecular complexity index is 687. The number of fused-ring (bicyclic) bond motifs is 1. The first kappa shape index (κ1) is 17.0. The Labute approximate surface area is 135 Å². The van der Waals surface area contributed by atoms with E-state index in [-0.39, 0.29) is 12.4 Å². The molecule has 1 heterocycles. The van der Waals surface area contributed by atoms with E-state index in [0.717, 1.165) is 0 Å². The van der Waals surface area contributed by atoms with E-state index in [9.17, 15) is 14.7 Å².